The molecule has 1 aromatic heterocycles. The van der Waals surface area contributed by atoms with E-state index in [0.717, 1.165) is 6.20 Å². The highest BCUT2D eigenvalue weighted by Gasteiger charge is 2.11. The van der Waals surface area contributed by atoms with Gasteiger partial charge in [0.15, 0.2) is 11.5 Å². The summed E-state index contributed by atoms with van der Waals surface area (Å²) in [5.74, 6) is -0.116. The van der Waals surface area contributed by atoms with Gasteiger partial charge in [0.05, 0.1) is 19.8 Å². The minimum Gasteiger partial charge on any atom is -0.493 e. The van der Waals surface area contributed by atoms with E-state index in [1.54, 1.807) is 18.2 Å². The summed E-state index contributed by atoms with van der Waals surface area (Å²) in [7, 11) is 2.99. The van der Waals surface area contributed by atoms with Gasteiger partial charge in [0.25, 0.3) is 5.56 Å². The Labute approximate surface area is 114 Å². The summed E-state index contributed by atoms with van der Waals surface area (Å²) in [6.07, 6.45) is 1.16. The van der Waals surface area contributed by atoms with E-state index < -0.39 is 5.97 Å². The molecule has 0 unspecified atom stereocenters. The minimum atomic E-state index is -1.11. The first-order chi connectivity index (χ1) is 9.56. The fraction of sp³-hybridized carbons (Fsp3) is 0.143. The SMILES string of the molecule is COc1ccc(-c2cc(C(=O)O)c[nH]c2=O)cc1OC. The number of benzene rings is 1. The van der Waals surface area contributed by atoms with Crippen LogP contribution in [0.1, 0.15) is 10.4 Å². The molecule has 6 nitrogen and oxygen atoms in total. The lowest BCUT2D eigenvalue weighted by molar-refractivity contribution is 0.0696. The van der Waals surface area contributed by atoms with Crippen LogP contribution < -0.4 is 15.0 Å². The Morgan fingerprint density at radius 2 is 1.85 bits per heavy atom. The third kappa shape index (κ3) is 2.49. The number of pyridine rings is 1. The van der Waals surface area contributed by atoms with E-state index in [4.69, 9.17) is 14.6 Å². The largest absolute Gasteiger partial charge is 0.493 e. The van der Waals surface area contributed by atoms with Gasteiger partial charge in [-0.2, -0.15) is 0 Å². The van der Waals surface area contributed by atoms with Crippen molar-refractivity contribution in [2.45, 2.75) is 0 Å². The standard InChI is InChI=1S/C14H13NO5/c1-19-11-4-3-8(6-12(11)20-2)10-5-9(14(17)18)7-15-13(10)16/h3-7H,1-2H3,(H,15,16)(H,17,18). The lowest BCUT2D eigenvalue weighted by Gasteiger charge is -2.09. The van der Waals surface area contributed by atoms with Crippen molar-refractivity contribution in [3.05, 3.63) is 46.4 Å². The van der Waals surface area contributed by atoms with Crippen molar-refractivity contribution in [3.63, 3.8) is 0 Å². The van der Waals surface area contributed by atoms with Crippen molar-refractivity contribution in [3.8, 4) is 22.6 Å². The summed E-state index contributed by atoms with van der Waals surface area (Å²) in [6.45, 7) is 0. The van der Waals surface area contributed by atoms with Crippen LogP contribution in [-0.2, 0) is 0 Å². The number of carboxylic acid groups (broad SMARTS) is 1. The van der Waals surface area contributed by atoms with E-state index in [1.165, 1.54) is 20.3 Å². The highest BCUT2D eigenvalue weighted by molar-refractivity contribution is 5.88. The van der Waals surface area contributed by atoms with Crippen LogP contribution in [-0.4, -0.2) is 30.3 Å². The normalized spacial score (nSPS) is 10.1. The molecule has 0 fully saturated rings. The molecule has 2 rings (SSSR count). The summed E-state index contributed by atoms with van der Waals surface area (Å²) >= 11 is 0. The van der Waals surface area contributed by atoms with E-state index >= 15 is 0 Å². The number of hydrogen-bond acceptors (Lipinski definition) is 4. The molecule has 0 aliphatic rings. The second-order valence-electron chi connectivity index (χ2n) is 4.01. The molecule has 20 heavy (non-hydrogen) atoms. The smallest absolute Gasteiger partial charge is 0.337 e. The van der Waals surface area contributed by atoms with E-state index in [9.17, 15) is 9.59 Å². The molecule has 0 amide bonds. The molecule has 1 aromatic carbocycles. The Kier molecular flexibility index (Phi) is 3.74. The van der Waals surface area contributed by atoms with E-state index in [2.05, 4.69) is 4.98 Å². The topological polar surface area (TPSA) is 88.6 Å². The number of carbonyl (C=O) groups is 1. The summed E-state index contributed by atoms with van der Waals surface area (Å²) < 4.78 is 10.3. The van der Waals surface area contributed by atoms with Gasteiger partial charge in [0.2, 0.25) is 0 Å². The molecule has 0 bridgehead atoms. The summed E-state index contributed by atoms with van der Waals surface area (Å²) in [5.41, 5.74) is 0.439. The molecule has 0 saturated carbocycles. The molecule has 6 heteroatoms. The number of methoxy groups -OCH3 is 2. The van der Waals surface area contributed by atoms with Crippen molar-refractivity contribution in [1.29, 1.82) is 0 Å². The second-order valence-corrected chi connectivity index (χ2v) is 4.01. The monoisotopic (exact) mass is 275 g/mol. The third-order valence-corrected chi connectivity index (χ3v) is 2.84. The number of aromatic carboxylic acids is 1. The Bertz CT molecular complexity index is 705. The second kappa shape index (κ2) is 5.48. The van der Waals surface area contributed by atoms with Gasteiger partial charge in [-0.25, -0.2) is 4.79 Å². The molecule has 104 valence electrons. The van der Waals surface area contributed by atoms with Crippen molar-refractivity contribution in [1.82, 2.24) is 4.98 Å². The van der Waals surface area contributed by atoms with Gasteiger partial charge in [0.1, 0.15) is 0 Å². The predicted molar refractivity (Wildman–Crippen MR) is 72.6 cm³/mol. The summed E-state index contributed by atoms with van der Waals surface area (Å²) in [4.78, 5) is 25.2. The van der Waals surface area contributed by atoms with Crippen LogP contribution in [0.15, 0.2) is 35.3 Å². The van der Waals surface area contributed by atoms with E-state index in [1.807, 2.05) is 0 Å². The maximum atomic E-state index is 11.8. The molecule has 0 radical (unpaired) electrons. The fourth-order valence-corrected chi connectivity index (χ4v) is 1.83. The molecular weight excluding hydrogens is 262 g/mol. The highest BCUT2D eigenvalue weighted by atomic mass is 16.5. The van der Waals surface area contributed by atoms with Crippen LogP contribution in [0.3, 0.4) is 0 Å². The average molecular weight is 275 g/mol. The number of ether oxygens (including phenoxy) is 2. The Morgan fingerprint density at radius 3 is 2.45 bits per heavy atom. The number of H-pyrrole nitrogens is 1. The van der Waals surface area contributed by atoms with Gasteiger partial charge in [-0.15, -0.1) is 0 Å². The molecule has 0 spiro atoms. The van der Waals surface area contributed by atoms with Crippen molar-refractivity contribution in [2.75, 3.05) is 14.2 Å². The fourth-order valence-electron chi connectivity index (χ4n) is 1.83. The van der Waals surface area contributed by atoms with Crippen LogP contribution in [0.2, 0.25) is 0 Å². The maximum Gasteiger partial charge on any atom is 0.337 e. The number of hydrogen-bond donors (Lipinski definition) is 2. The van der Waals surface area contributed by atoms with Crippen molar-refractivity contribution >= 4 is 5.97 Å². The lowest BCUT2D eigenvalue weighted by Crippen LogP contribution is -2.11. The molecule has 2 N–H and O–H groups in total. The third-order valence-electron chi connectivity index (χ3n) is 2.84. The zero-order valence-corrected chi connectivity index (χ0v) is 11.0. The highest BCUT2D eigenvalue weighted by Crippen LogP contribution is 2.31. The first-order valence-electron chi connectivity index (χ1n) is 5.75. The number of nitrogens with one attached hydrogen (secondary N) is 1. The number of aromatic nitrogens is 1. The first-order valence-corrected chi connectivity index (χ1v) is 5.75. The van der Waals surface area contributed by atoms with Crippen LogP contribution in [0.4, 0.5) is 0 Å². The van der Waals surface area contributed by atoms with Crippen LogP contribution >= 0.6 is 0 Å². The predicted octanol–water partition coefficient (Wildman–Crippen LogP) is 1.76. The molecule has 0 saturated heterocycles. The number of aromatic amines is 1. The molecule has 1 heterocycles. The number of rotatable bonds is 4. The summed E-state index contributed by atoms with van der Waals surface area (Å²) in [6, 6.07) is 6.26. The molecular formula is C14H13NO5. The number of carboxylic acids is 1. The van der Waals surface area contributed by atoms with Gasteiger partial charge in [0, 0.05) is 11.8 Å². The van der Waals surface area contributed by atoms with Crippen molar-refractivity contribution in [2.24, 2.45) is 0 Å². The summed E-state index contributed by atoms with van der Waals surface area (Å²) in [5, 5.41) is 8.96. The van der Waals surface area contributed by atoms with Gasteiger partial charge in [-0.1, -0.05) is 6.07 Å². The molecule has 2 aromatic rings. The average Bonchev–Trinajstić information content (AvgIpc) is 2.46. The minimum absolute atomic E-state index is 0.00869. The van der Waals surface area contributed by atoms with Gasteiger partial charge < -0.3 is 19.6 Å². The van der Waals surface area contributed by atoms with Crippen molar-refractivity contribution < 1.29 is 19.4 Å². The zero-order chi connectivity index (χ0) is 14.7. The molecule has 0 aliphatic carbocycles. The molecule has 0 aliphatic heterocycles. The Balaban J connectivity index is 2.59. The quantitative estimate of drug-likeness (QED) is 0.887. The zero-order valence-electron chi connectivity index (χ0n) is 11.0. The first kappa shape index (κ1) is 13.7. The molecule has 0 atom stereocenters. The van der Waals surface area contributed by atoms with Gasteiger partial charge in [-0.05, 0) is 23.8 Å². The Morgan fingerprint density at radius 1 is 1.15 bits per heavy atom. The van der Waals surface area contributed by atoms with Crippen LogP contribution in [0.5, 0.6) is 11.5 Å². The lowest BCUT2D eigenvalue weighted by atomic mass is 10.0. The Hall–Kier alpha value is -2.76. The maximum absolute atomic E-state index is 11.8. The van der Waals surface area contributed by atoms with Gasteiger partial charge >= 0.3 is 5.97 Å². The van der Waals surface area contributed by atoms with E-state index in [0.29, 0.717) is 17.1 Å². The van der Waals surface area contributed by atoms with Crippen LogP contribution in [0.25, 0.3) is 11.1 Å². The van der Waals surface area contributed by atoms with Gasteiger partial charge in [-0.3, -0.25) is 4.79 Å². The van der Waals surface area contributed by atoms with E-state index in [-0.39, 0.29) is 16.7 Å². The van der Waals surface area contributed by atoms with Crippen LogP contribution in [0, 0.1) is 0 Å².